The van der Waals surface area contributed by atoms with Crippen LogP contribution in [0, 0.1) is 19.8 Å². The molecule has 1 saturated heterocycles. The van der Waals surface area contributed by atoms with Gasteiger partial charge in [-0.25, -0.2) is 8.42 Å². The second-order valence-corrected chi connectivity index (χ2v) is 12.0. The van der Waals surface area contributed by atoms with Crippen LogP contribution >= 0.6 is 11.3 Å². The number of rotatable bonds is 6. The molecule has 174 valence electrons. The summed E-state index contributed by atoms with van der Waals surface area (Å²) in [5, 5.41) is 6.96. The Morgan fingerprint density at radius 3 is 2.67 bits per heavy atom. The van der Waals surface area contributed by atoms with E-state index in [0.717, 1.165) is 24.1 Å². The molecule has 0 spiro atoms. The highest BCUT2D eigenvalue weighted by Gasteiger charge is 2.35. The average Bonchev–Trinajstić information content (AvgIpc) is 3.39. The summed E-state index contributed by atoms with van der Waals surface area (Å²) in [6.45, 7) is 4.33. The fourth-order valence-electron chi connectivity index (χ4n) is 4.06. The quantitative estimate of drug-likeness (QED) is 0.556. The Morgan fingerprint density at radius 2 is 1.94 bits per heavy atom. The van der Waals surface area contributed by atoms with E-state index in [1.54, 1.807) is 13.0 Å². The molecule has 3 aromatic rings. The molecule has 33 heavy (non-hydrogen) atoms. The number of amides is 1. The summed E-state index contributed by atoms with van der Waals surface area (Å²) in [6, 6.07) is 9.21. The first-order valence-corrected chi connectivity index (χ1v) is 13.4. The zero-order valence-electron chi connectivity index (χ0n) is 18.6. The molecule has 1 N–H and O–H groups in total. The number of aromatic nitrogens is 2. The lowest BCUT2D eigenvalue weighted by molar-refractivity contribution is -0.120. The Morgan fingerprint density at radius 1 is 1.18 bits per heavy atom. The molecule has 0 bridgehead atoms. The molecule has 10 heteroatoms. The summed E-state index contributed by atoms with van der Waals surface area (Å²) in [7, 11) is -3.74. The molecule has 1 aliphatic carbocycles. The first-order chi connectivity index (χ1) is 15.8. The van der Waals surface area contributed by atoms with Crippen LogP contribution in [-0.2, 0) is 14.8 Å². The lowest BCUT2D eigenvalue weighted by Gasteiger charge is -2.31. The van der Waals surface area contributed by atoms with Gasteiger partial charge in [0, 0.05) is 29.6 Å². The molecule has 5 rings (SSSR count). The number of anilines is 1. The SMILES string of the molecule is Cc1ccc(NC(=O)C2CCCN(S(=O)(=O)c3cc(-c4noc(C5CC5)n4)sc3C)C2)cc1. The molecular weight excluding hydrogens is 460 g/mol. The highest BCUT2D eigenvalue weighted by molar-refractivity contribution is 7.89. The van der Waals surface area contributed by atoms with Gasteiger partial charge in [-0.05, 0) is 57.7 Å². The van der Waals surface area contributed by atoms with E-state index in [1.807, 2.05) is 31.2 Å². The van der Waals surface area contributed by atoms with Gasteiger partial charge in [0.2, 0.25) is 27.6 Å². The zero-order chi connectivity index (χ0) is 23.2. The highest BCUT2D eigenvalue weighted by Crippen LogP contribution is 2.41. The summed E-state index contributed by atoms with van der Waals surface area (Å²) < 4.78 is 33.7. The van der Waals surface area contributed by atoms with Crippen molar-refractivity contribution in [2.75, 3.05) is 18.4 Å². The van der Waals surface area contributed by atoms with Crippen molar-refractivity contribution < 1.29 is 17.7 Å². The van der Waals surface area contributed by atoms with E-state index in [-0.39, 0.29) is 17.3 Å². The summed E-state index contributed by atoms with van der Waals surface area (Å²) >= 11 is 1.34. The number of hydrogen-bond acceptors (Lipinski definition) is 7. The number of piperidine rings is 1. The molecule has 1 saturated carbocycles. The van der Waals surface area contributed by atoms with Crippen LogP contribution in [0.25, 0.3) is 10.7 Å². The smallest absolute Gasteiger partial charge is 0.244 e. The maximum Gasteiger partial charge on any atom is 0.244 e. The second kappa shape index (κ2) is 8.66. The van der Waals surface area contributed by atoms with E-state index in [9.17, 15) is 13.2 Å². The van der Waals surface area contributed by atoms with Gasteiger partial charge in [0.15, 0.2) is 0 Å². The van der Waals surface area contributed by atoms with Gasteiger partial charge in [-0.15, -0.1) is 11.3 Å². The number of hydrogen-bond donors (Lipinski definition) is 1. The van der Waals surface area contributed by atoms with Crippen LogP contribution in [-0.4, -0.2) is 41.9 Å². The monoisotopic (exact) mass is 486 g/mol. The minimum atomic E-state index is -3.74. The summed E-state index contributed by atoms with van der Waals surface area (Å²) in [4.78, 5) is 18.9. The van der Waals surface area contributed by atoms with Crippen LogP contribution in [0.15, 0.2) is 39.8 Å². The number of aryl methyl sites for hydroxylation is 2. The fraction of sp³-hybridized carbons (Fsp3) is 0.435. The van der Waals surface area contributed by atoms with Crippen LogP contribution in [0.5, 0.6) is 0 Å². The zero-order valence-corrected chi connectivity index (χ0v) is 20.2. The molecule has 8 nitrogen and oxygen atoms in total. The first kappa shape index (κ1) is 22.2. The average molecular weight is 487 g/mol. The molecule has 3 heterocycles. The minimum absolute atomic E-state index is 0.152. The van der Waals surface area contributed by atoms with Crippen molar-refractivity contribution in [1.82, 2.24) is 14.4 Å². The lowest BCUT2D eigenvalue weighted by Crippen LogP contribution is -2.43. The molecule has 2 fully saturated rings. The topological polar surface area (TPSA) is 105 Å². The third-order valence-electron chi connectivity index (χ3n) is 6.15. The van der Waals surface area contributed by atoms with Gasteiger partial charge >= 0.3 is 0 Å². The number of nitrogens with one attached hydrogen (secondary N) is 1. The van der Waals surface area contributed by atoms with E-state index in [0.29, 0.717) is 46.8 Å². The van der Waals surface area contributed by atoms with E-state index >= 15 is 0 Å². The summed E-state index contributed by atoms with van der Waals surface area (Å²) in [5.41, 5.74) is 1.83. The standard InChI is InChI=1S/C23H26N4O4S2/c1-14-5-9-18(10-6-14)24-22(28)17-4-3-11-27(13-17)33(29,30)20-12-19(32-15(20)2)21-25-23(31-26-21)16-7-8-16/h5-6,9-10,12,16-17H,3-4,7-8,11,13H2,1-2H3,(H,24,28). The van der Waals surface area contributed by atoms with Crippen molar-refractivity contribution in [1.29, 1.82) is 0 Å². The van der Waals surface area contributed by atoms with Gasteiger partial charge in [-0.2, -0.15) is 9.29 Å². The van der Waals surface area contributed by atoms with Crippen LogP contribution < -0.4 is 5.32 Å². The van der Waals surface area contributed by atoms with E-state index < -0.39 is 15.9 Å². The van der Waals surface area contributed by atoms with Gasteiger partial charge < -0.3 is 9.84 Å². The maximum atomic E-state index is 13.5. The van der Waals surface area contributed by atoms with E-state index in [4.69, 9.17) is 4.52 Å². The molecule has 1 aliphatic heterocycles. The number of carbonyl (C=O) groups excluding carboxylic acids is 1. The van der Waals surface area contributed by atoms with Gasteiger partial charge in [0.1, 0.15) is 0 Å². The van der Waals surface area contributed by atoms with Crippen molar-refractivity contribution >= 4 is 33.0 Å². The molecule has 1 unspecified atom stereocenters. The third-order valence-corrected chi connectivity index (χ3v) is 9.32. The van der Waals surface area contributed by atoms with Crippen molar-refractivity contribution in [2.45, 2.75) is 50.3 Å². The molecule has 2 aromatic heterocycles. The number of carbonyl (C=O) groups is 1. The van der Waals surface area contributed by atoms with Crippen LogP contribution in [0.3, 0.4) is 0 Å². The van der Waals surface area contributed by atoms with Crippen LogP contribution in [0.4, 0.5) is 5.69 Å². The second-order valence-electron chi connectivity index (χ2n) is 8.82. The number of thiophene rings is 1. The Labute approximate surface area is 197 Å². The molecule has 0 radical (unpaired) electrons. The van der Waals surface area contributed by atoms with Crippen molar-refractivity contribution in [3.8, 4) is 10.7 Å². The lowest BCUT2D eigenvalue weighted by atomic mass is 9.98. The normalized spacial score (nSPS) is 19.5. The van der Waals surface area contributed by atoms with Gasteiger partial charge in [0.05, 0.1) is 15.7 Å². The maximum absolute atomic E-state index is 13.5. The minimum Gasteiger partial charge on any atom is -0.339 e. The predicted octanol–water partition coefficient (Wildman–Crippen LogP) is 4.33. The first-order valence-electron chi connectivity index (χ1n) is 11.1. The van der Waals surface area contributed by atoms with Gasteiger partial charge in [0.25, 0.3) is 0 Å². The van der Waals surface area contributed by atoms with E-state index in [2.05, 4.69) is 15.5 Å². The Kier molecular flexibility index (Phi) is 5.84. The molecule has 1 amide bonds. The third kappa shape index (κ3) is 4.60. The van der Waals surface area contributed by atoms with Crippen molar-refractivity contribution in [3.63, 3.8) is 0 Å². The summed E-state index contributed by atoms with van der Waals surface area (Å²) in [5.74, 6) is 0.846. The van der Waals surface area contributed by atoms with Crippen LogP contribution in [0.1, 0.15) is 47.9 Å². The van der Waals surface area contributed by atoms with Crippen molar-refractivity contribution in [3.05, 3.63) is 46.7 Å². The van der Waals surface area contributed by atoms with Gasteiger partial charge in [-0.3, -0.25) is 4.79 Å². The molecular formula is C23H26N4O4S2. The number of sulfonamides is 1. The van der Waals surface area contributed by atoms with E-state index in [1.165, 1.54) is 15.6 Å². The Hall–Kier alpha value is -2.56. The molecule has 1 aromatic carbocycles. The largest absolute Gasteiger partial charge is 0.339 e. The summed E-state index contributed by atoms with van der Waals surface area (Å²) in [6.07, 6.45) is 3.40. The van der Waals surface area contributed by atoms with Crippen LogP contribution in [0.2, 0.25) is 0 Å². The molecule has 2 aliphatic rings. The Balaban J connectivity index is 1.32. The van der Waals surface area contributed by atoms with Gasteiger partial charge in [-0.1, -0.05) is 22.9 Å². The predicted molar refractivity (Wildman–Crippen MR) is 126 cm³/mol. The van der Waals surface area contributed by atoms with Crippen molar-refractivity contribution in [2.24, 2.45) is 5.92 Å². The fourth-order valence-corrected chi connectivity index (χ4v) is 7.07. The highest BCUT2D eigenvalue weighted by atomic mass is 32.2. The molecule has 1 atom stereocenters. The number of benzene rings is 1. The number of nitrogens with zero attached hydrogens (tertiary/aromatic N) is 3. The Bertz CT molecular complexity index is 1280.